The fraction of sp³-hybridized carbons (Fsp3) is 0.727. The van der Waals surface area contributed by atoms with Crippen molar-refractivity contribution >= 4 is 5.97 Å². The number of nitrogens with zero attached hydrogens (tertiary/aromatic N) is 3. The number of aryl methyl sites for hydroxylation is 1. The molecule has 1 aliphatic heterocycles. The van der Waals surface area contributed by atoms with Gasteiger partial charge in [0.1, 0.15) is 0 Å². The number of rotatable bonds is 4. The molecule has 17 heavy (non-hydrogen) atoms. The molecule has 1 aliphatic rings. The van der Waals surface area contributed by atoms with E-state index in [-0.39, 0.29) is 18.4 Å². The summed E-state index contributed by atoms with van der Waals surface area (Å²) in [6.45, 7) is 1.07. The summed E-state index contributed by atoms with van der Waals surface area (Å²) in [6, 6.07) is 0.255. The number of ether oxygens (including phenoxy) is 1. The molecule has 1 atom stereocenters. The third-order valence-electron chi connectivity index (χ3n) is 3.07. The highest BCUT2D eigenvalue weighted by atomic mass is 16.5. The first-order valence-corrected chi connectivity index (χ1v) is 5.80. The van der Waals surface area contributed by atoms with E-state index in [2.05, 4.69) is 26.8 Å². The smallest absolute Gasteiger partial charge is 0.306 e. The summed E-state index contributed by atoms with van der Waals surface area (Å²) in [5, 5.41) is 3.97. The Labute approximate surface area is 99.9 Å². The van der Waals surface area contributed by atoms with E-state index in [9.17, 15) is 4.79 Å². The van der Waals surface area contributed by atoms with E-state index in [4.69, 9.17) is 4.52 Å². The average Bonchev–Trinajstić information content (AvgIpc) is 2.94. The number of methoxy groups -OCH3 is 1. The van der Waals surface area contributed by atoms with Gasteiger partial charge in [0.2, 0.25) is 5.89 Å². The summed E-state index contributed by atoms with van der Waals surface area (Å²) in [7, 11) is 3.43. The van der Waals surface area contributed by atoms with Crippen molar-refractivity contribution in [3.05, 3.63) is 11.7 Å². The van der Waals surface area contributed by atoms with Crippen LogP contribution in [0, 0.1) is 0 Å². The molecule has 6 nitrogen and oxygen atoms in total. The summed E-state index contributed by atoms with van der Waals surface area (Å²) >= 11 is 0. The number of likely N-dealkylation sites (tertiary alicyclic amines) is 1. The van der Waals surface area contributed by atoms with Crippen molar-refractivity contribution in [2.45, 2.75) is 31.7 Å². The minimum Gasteiger partial charge on any atom is -0.469 e. The molecule has 1 aromatic rings. The van der Waals surface area contributed by atoms with E-state index >= 15 is 0 Å². The number of carbonyl (C=O) groups is 1. The van der Waals surface area contributed by atoms with Gasteiger partial charge in [-0.15, -0.1) is 0 Å². The lowest BCUT2D eigenvalue weighted by molar-refractivity contribution is -0.140. The maximum atomic E-state index is 11.0. The number of hydrogen-bond acceptors (Lipinski definition) is 6. The second kappa shape index (κ2) is 5.27. The molecule has 0 bridgehead atoms. The fourth-order valence-electron chi connectivity index (χ4n) is 2.05. The lowest BCUT2D eigenvalue weighted by Crippen LogP contribution is -2.18. The number of esters is 1. The lowest BCUT2D eigenvalue weighted by Gasteiger charge is -2.14. The summed E-state index contributed by atoms with van der Waals surface area (Å²) in [4.78, 5) is 17.5. The van der Waals surface area contributed by atoms with Gasteiger partial charge in [-0.1, -0.05) is 5.16 Å². The quantitative estimate of drug-likeness (QED) is 0.728. The molecule has 0 saturated carbocycles. The monoisotopic (exact) mass is 239 g/mol. The molecule has 1 saturated heterocycles. The predicted octanol–water partition coefficient (Wildman–Crippen LogP) is 0.942. The van der Waals surface area contributed by atoms with Gasteiger partial charge in [0.25, 0.3) is 0 Å². The standard InChI is InChI=1S/C11H17N3O3/c1-14-7-3-4-8(14)11-12-9(17-13-11)5-6-10(15)16-2/h8H,3-7H2,1-2H3. The molecule has 0 amide bonds. The van der Waals surface area contributed by atoms with E-state index < -0.39 is 0 Å². The molecular weight excluding hydrogens is 222 g/mol. The number of carbonyl (C=O) groups excluding carboxylic acids is 1. The Morgan fingerprint density at radius 1 is 1.65 bits per heavy atom. The van der Waals surface area contributed by atoms with Gasteiger partial charge in [-0.05, 0) is 26.4 Å². The van der Waals surface area contributed by atoms with E-state index in [1.54, 1.807) is 0 Å². The average molecular weight is 239 g/mol. The topological polar surface area (TPSA) is 68.5 Å². The van der Waals surface area contributed by atoms with Crippen LogP contribution in [0.5, 0.6) is 0 Å². The Morgan fingerprint density at radius 3 is 3.12 bits per heavy atom. The van der Waals surface area contributed by atoms with Crippen LogP contribution >= 0.6 is 0 Å². The van der Waals surface area contributed by atoms with E-state index in [0.29, 0.717) is 12.3 Å². The zero-order chi connectivity index (χ0) is 12.3. The highest BCUT2D eigenvalue weighted by Gasteiger charge is 2.27. The minimum atomic E-state index is -0.261. The van der Waals surface area contributed by atoms with Gasteiger partial charge in [-0.25, -0.2) is 0 Å². The van der Waals surface area contributed by atoms with Crippen molar-refractivity contribution in [2.75, 3.05) is 20.7 Å². The zero-order valence-electron chi connectivity index (χ0n) is 10.2. The Bertz CT molecular complexity index is 391. The molecule has 2 heterocycles. The van der Waals surface area contributed by atoms with Crippen LogP contribution in [0.3, 0.4) is 0 Å². The van der Waals surface area contributed by atoms with Gasteiger partial charge >= 0.3 is 5.97 Å². The largest absolute Gasteiger partial charge is 0.469 e. The highest BCUT2D eigenvalue weighted by Crippen LogP contribution is 2.28. The Balaban J connectivity index is 1.93. The van der Waals surface area contributed by atoms with Crippen LogP contribution in [0.1, 0.15) is 37.0 Å². The maximum Gasteiger partial charge on any atom is 0.306 e. The van der Waals surface area contributed by atoms with E-state index in [1.807, 2.05) is 0 Å². The first kappa shape index (κ1) is 12.0. The van der Waals surface area contributed by atoms with Gasteiger partial charge in [0.05, 0.1) is 19.6 Å². The summed E-state index contributed by atoms with van der Waals surface area (Å²) in [6.07, 6.45) is 2.94. The van der Waals surface area contributed by atoms with Crippen molar-refractivity contribution in [3.8, 4) is 0 Å². The molecule has 1 unspecified atom stereocenters. The highest BCUT2D eigenvalue weighted by molar-refractivity contribution is 5.69. The van der Waals surface area contributed by atoms with Crippen LogP contribution in [0.2, 0.25) is 0 Å². The van der Waals surface area contributed by atoms with Crippen LogP contribution in [-0.2, 0) is 16.0 Å². The Hall–Kier alpha value is -1.43. The minimum absolute atomic E-state index is 0.255. The number of hydrogen-bond donors (Lipinski definition) is 0. The molecule has 0 N–H and O–H groups in total. The molecule has 2 rings (SSSR count). The van der Waals surface area contributed by atoms with Crippen molar-refractivity contribution in [3.63, 3.8) is 0 Å². The van der Waals surface area contributed by atoms with E-state index in [0.717, 1.165) is 25.2 Å². The third-order valence-corrected chi connectivity index (χ3v) is 3.07. The molecule has 1 aromatic heterocycles. The molecule has 1 fully saturated rings. The summed E-state index contributed by atoms with van der Waals surface area (Å²) < 4.78 is 9.68. The van der Waals surface area contributed by atoms with Crippen molar-refractivity contribution in [1.82, 2.24) is 15.0 Å². The molecular formula is C11H17N3O3. The molecule has 0 spiro atoms. The van der Waals surface area contributed by atoms with Gasteiger partial charge in [-0.3, -0.25) is 9.69 Å². The second-order valence-corrected chi connectivity index (χ2v) is 4.26. The van der Waals surface area contributed by atoms with Gasteiger partial charge < -0.3 is 9.26 Å². The second-order valence-electron chi connectivity index (χ2n) is 4.26. The molecule has 0 aromatic carbocycles. The van der Waals surface area contributed by atoms with Gasteiger partial charge in [0.15, 0.2) is 5.82 Å². The van der Waals surface area contributed by atoms with Crippen molar-refractivity contribution in [2.24, 2.45) is 0 Å². The normalized spacial score (nSPS) is 20.7. The molecule has 6 heteroatoms. The summed E-state index contributed by atoms with van der Waals surface area (Å²) in [5.74, 6) is 0.971. The SMILES string of the molecule is COC(=O)CCc1nc(C2CCCN2C)no1. The third kappa shape index (κ3) is 2.82. The van der Waals surface area contributed by atoms with Crippen LogP contribution in [0.4, 0.5) is 0 Å². The number of aromatic nitrogens is 2. The molecule has 94 valence electrons. The van der Waals surface area contributed by atoms with E-state index in [1.165, 1.54) is 7.11 Å². The Morgan fingerprint density at radius 2 is 2.47 bits per heavy atom. The van der Waals surface area contributed by atoms with Gasteiger partial charge in [0, 0.05) is 6.42 Å². The van der Waals surface area contributed by atoms with Crippen LogP contribution in [0.15, 0.2) is 4.52 Å². The maximum absolute atomic E-state index is 11.0. The van der Waals surface area contributed by atoms with Crippen molar-refractivity contribution in [1.29, 1.82) is 0 Å². The lowest BCUT2D eigenvalue weighted by atomic mass is 10.2. The molecule has 0 aliphatic carbocycles. The summed E-state index contributed by atoms with van der Waals surface area (Å²) in [5.41, 5.74) is 0. The molecule has 0 radical (unpaired) electrons. The van der Waals surface area contributed by atoms with Crippen LogP contribution < -0.4 is 0 Å². The fourth-order valence-corrected chi connectivity index (χ4v) is 2.05. The van der Waals surface area contributed by atoms with Crippen LogP contribution in [-0.4, -0.2) is 41.7 Å². The van der Waals surface area contributed by atoms with Crippen molar-refractivity contribution < 1.29 is 14.1 Å². The predicted molar refractivity (Wildman–Crippen MR) is 59.2 cm³/mol. The van der Waals surface area contributed by atoms with Gasteiger partial charge in [-0.2, -0.15) is 4.98 Å². The first-order chi connectivity index (χ1) is 8.20. The zero-order valence-corrected chi connectivity index (χ0v) is 10.2. The Kier molecular flexibility index (Phi) is 3.73. The van der Waals surface area contributed by atoms with Crippen LogP contribution in [0.25, 0.3) is 0 Å². The first-order valence-electron chi connectivity index (χ1n) is 5.80.